The van der Waals surface area contributed by atoms with Gasteiger partial charge in [0.25, 0.3) is 0 Å². The molecule has 3 saturated heterocycles. The zero-order valence-corrected chi connectivity index (χ0v) is 12.9. The Morgan fingerprint density at radius 1 is 1.12 bits per heavy atom. The van der Waals surface area contributed by atoms with E-state index in [0.717, 1.165) is 39.5 Å². The molecule has 0 aliphatic carbocycles. The van der Waals surface area contributed by atoms with Crippen molar-refractivity contribution < 1.29 is 11.3 Å². The van der Waals surface area contributed by atoms with Gasteiger partial charge in [0.05, 0.1) is 0 Å². The first kappa shape index (κ1) is 12.1. The SMILES string of the molecule is Cc1scc[c]1[Ge]12[O]CCN(CC[O]1)CC[O]2. The Balaban J connectivity index is 1.94. The number of nitrogens with zero attached hydrogens (tertiary/aromatic N) is 1. The molecule has 3 fully saturated rings. The molecule has 0 amide bonds. The minimum absolute atomic E-state index is 0.731. The monoisotopic (exact) mass is 317 g/mol. The molecule has 4 heterocycles. The molecule has 4 nitrogen and oxygen atoms in total. The summed E-state index contributed by atoms with van der Waals surface area (Å²) >= 11 is -1.45. The van der Waals surface area contributed by atoms with Gasteiger partial charge in [-0.25, -0.2) is 0 Å². The average molecular weight is 316 g/mol. The van der Waals surface area contributed by atoms with Crippen molar-refractivity contribution in [2.45, 2.75) is 6.92 Å². The van der Waals surface area contributed by atoms with E-state index in [1.54, 1.807) is 11.3 Å². The van der Waals surface area contributed by atoms with Gasteiger partial charge in [-0.1, -0.05) is 0 Å². The quantitative estimate of drug-likeness (QED) is 0.710. The van der Waals surface area contributed by atoms with Gasteiger partial charge in [0.1, 0.15) is 0 Å². The molecule has 6 heteroatoms. The van der Waals surface area contributed by atoms with E-state index in [4.69, 9.17) is 11.3 Å². The summed E-state index contributed by atoms with van der Waals surface area (Å²) in [4.78, 5) is 3.62. The number of hydrogen-bond acceptors (Lipinski definition) is 5. The Bertz CT molecular complexity index is 371. The Hall–Kier alpha value is 0.0829. The molecule has 0 spiro atoms. The van der Waals surface area contributed by atoms with Crippen LogP contribution in [0.5, 0.6) is 0 Å². The molecule has 3 aliphatic heterocycles. The van der Waals surface area contributed by atoms with Crippen LogP contribution in [0.3, 0.4) is 0 Å². The van der Waals surface area contributed by atoms with Gasteiger partial charge in [-0.05, 0) is 0 Å². The summed E-state index contributed by atoms with van der Waals surface area (Å²) < 4.78 is 19.4. The average Bonchev–Trinajstić information content (AvgIpc) is 2.63. The Kier molecular flexibility index (Phi) is 3.56. The molecular weight excluding hydrogens is 299 g/mol. The van der Waals surface area contributed by atoms with E-state index in [1.165, 1.54) is 9.27 Å². The number of hydrogen-bond donors (Lipinski definition) is 0. The second-order valence-corrected chi connectivity index (χ2v) is 10.7. The Morgan fingerprint density at radius 3 is 2.18 bits per heavy atom. The molecule has 2 bridgehead atoms. The molecule has 4 rings (SSSR count). The predicted molar refractivity (Wildman–Crippen MR) is 68.7 cm³/mol. The fourth-order valence-corrected chi connectivity index (χ4v) is 9.48. The Labute approximate surface area is 109 Å². The van der Waals surface area contributed by atoms with Crippen molar-refractivity contribution in [1.29, 1.82) is 0 Å². The van der Waals surface area contributed by atoms with Gasteiger partial charge in [-0.2, -0.15) is 0 Å². The molecule has 0 saturated carbocycles. The molecule has 1 aromatic rings. The third kappa shape index (κ3) is 2.32. The topological polar surface area (TPSA) is 30.9 Å². The predicted octanol–water partition coefficient (Wildman–Crippen LogP) is 0.581. The molecule has 17 heavy (non-hydrogen) atoms. The van der Waals surface area contributed by atoms with Crippen LogP contribution in [-0.4, -0.2) is 58.6 Å². The van der Waals surface area contributed by atoms with E-state index < -0.39 is 14.3 Å². The third-order valence-electron chi connectivity index (χ3n) is 3.29. The number of thiophene rings is 1. The van der Waals surface area contributed by atoms with Crippen LogP contribution in [0.2, 0.25) is 0 Å². The van der Waals surface area contributed by atoms with E-state index in [9.17, 15) is 0 Å². The van der Waals surface area contributed by atoms with E-state index in [-0.39, 0.29) is 0 Å². The molecule has 0 radical (unpaired) electrons. The first-order valence-electron chi connectivity index (χ1n) is 5.99. The maximum absolute atomic E-state index is 6.07. The Morgan fingerprint density at radius 2 is 1.71 bits per heavy atom. The van der Waals surface area contributed by atoms with Gasteiger partial charge in [0, 0.05) is 0 Å². The molecule has 94 valence electrons. The fourth-order valence-electron chi connectivity index (χ4n) is 2.32. The van der Waals surface area contributed by atoms with Gasteiger partial charge in [0.2, 0.25) is 0 Å². The van der Waals surface area contributed by atoms with Crippen molar-refractivity contribution in [2.75, 3.05) is 39.5 Å². The second kappa shape index (κ2) is 4.99. The number of aryl methyl sites for hydroxylation is 1. The van der Waals surface area contributed by atoms with Gasteiger partial charge in [0.15, 0.2) is 0 Å². The third-order valence-corrected chi connectivity index (χ3v) is 10.7. The maximum atomic E-state index is 6.07. The van der Waals surface area contributed by atoms with E-state index in [1.807, 2.05) is 0 Å². The van der Waals surface area contributed by atoms with Crippen LogP contribution in [-0.2, 0) is 11.3 Å². The first-order chi connectivity index (χ1) is 8.30. The summed E-state index contributed by atoms with van der Waals surface area (Å²) in [5.74, 6) is 0. The minimum atomic E-state index is -3.19. The molecule has 0 N–H and O–H groups in total. The summed E-state index contributed by atoms with van der Waals surface area (Å²) in [6.45, 7) is 7.33. The van der Waals surface area contributed by atoms with Crippen LogP contribution in [0.15, 0.2) is 11.4 Å². The van der Waals surface area contributed by atoms with Crippen LogP contribution in [0.4, 0.5) is 0 Å². The van der Waals surface area contributed by atoms with Crippen LogP contribution < -0.4 is 4.40 Å². The summed E-state index contributed by atoms with van der Waals surface area (Å²) in [5.41, 5.74) is 0. The van der Waals surface area contributed by atoms with Gasteiger partial charge >= 0.3 is 109 Å². The zero-order valence-electron chi connectivity index (χ0n) is 9.98. The van der Waals surface area contributed by atoms with Crippen LogP contribution in [0.25, 0.3) is 0 Å². The van der Waals surface area contributed by atoms with Gasteiger partial charge in [-0.3, -0.25) is 0 Å². The van der Waals surface area contributed by atoms with Gasteiger partial charge in [-0.15, -0.1) is 0 Å². The standard InChI is InChI=1S/C11H17GeNO3S/c1-10-11(2-9-17-10)12-14-6-3-13(4-7-15-12)5-8-16-12/h2,9H,3-8H2,1H3. The summed E-state index contributed by atoms with van der Waals surface area (Å²) in [7, 11) is 0. The first-order valence-corrected chi connectivity index (χ1v) is 10.5. The molecule has 1 aromatic heterocycles. The summed E-state index contributed by atoms with van der Waals surface area (Å²) in [6.07, 6.45) is 0. The molecule has 0 atom stereocenters. The van der Waals surface area contributed by atoms with Crippen molar-refractivity contribution in [3.63, 3.8) is 0 Å². The summed E-state index contributed by atoms with van der Waals surface area (Å²) in [5, 5.41) is 2.10. The second-order valence-electron chi connectivity index (χ2n) is 4.33. The fraction of sp³-hybridized carbons (Fsp3) is 0.636. The molecule has 0 aromatic carbocycles. The van der Waals surface area contributed by atoms with Crippen LogP contribution in [0, 0.1) is 6.92 Å². The zero-order chi connectivity index (χ0) is 11.7. The molecular formula is C11H17GeNO3S. The van der Waals surface area contributed by atoms with E-state index >= 15 is 0 Å². The molecule has 3 aliphatic rings. The van der Waals surface area contributed by atoms with Crippen molar-refractivity contribution in [1.82, 2.24) is 4.90 Å². The molecule has 0 unspecified atom stereocenters. The van der Waals surface area contributed by atoms with Crippen molar-refractivity contribution in [3.8, 4) is 0 Å². The van der Waals surface area contributed by atoms with Crippen LogP contribution in [0.1, 0.15) is 4.88 Å². The van der Waals surface area contributed by atoms with E-state index in [0.29, 0.717) is 0 Å². The van der Waals surface area contributed by atoms with Crippen molar-refractivity contribution in [3.05, 3.63) is 16.3 Å². The summed E-state index contributed by atoms with van der Waals surface area (Å²) in [6, 6.07) is 2.13. The van der Waals surface area contributed by atoms with Crippen molar-refractivity contribution in [2.24, 2.45) is 0 Å². The number of rotatable bonds is 1. The van der Waals surface area contributed by atoms with Crippen molar-refractivity contribution >= 4 is 30.0 Å². The number of fused-ring (bicyclic) bond motifs is 6. The van der Waals surface area contributed by atoms with Crippen LogP contribution >= 0.6 is 11.3 Å². The normalized spacial score (nSPS) is 34.1. The van der Waals surface area contributed by atoms with E-state index in [2.05, 4.69) is 23.3 Å². The van der Waals surface area contributed by atoms with Gasteiger partial charge < -0.3 is 0 Å².